The van der Waals surface area contributed by atoms with Crippen LogP contribution in [0.15, 0.2) is 23.7 Å². The maximum atomic E-state index is 10.9. The Bertz CT molecular complexity index is 290. The van der Waals surface area contributed by atoms with Crippen molar-refractivity contribution >= 4 is 5.91 Å². The van der Waals surface area contributed by atoms with Gasteiger partial charge in [-0.1, -0.05) is 0 Å². The highest BCUT2D eigenvalue weighted by Crippen LogP contribution is 2.12. The molecule has 1 fully saturated rings. The Morgan fingerprint density at radius 2 is 1.73 bits per heavy atom. The first-order chi connectivity index (χ1) is 7.15. The second kappa shape index (κ2) is 5.29. The van der Waals surface area contributed by atoms with Crippen LogP contribution in [-0.4, -0.2) is 23.9 Å². The third-order valence-corrected chi connectivity index (χ3v) is 2.49. The van der Waals surface area contributed by atoms with Gasteiger partial charge in [0.25, 0.3) is 0 Å². The van der Waals surface area contributed by atoms with Crippen LogP contribution in [0.2, 0.25) is 0 Å². The lowest BCUT2D eigenvalue weighted by molar-refractivity contribution is -0.114. The SMILES string of the molecule is N/C=C(\C=C(/N)N1CCCCC1)C(N)=O. The number of rotatable bonds is 3. The summed E-state index contributed by atoms with van der Waals surface area (Å²) in [4.78, 5) is 12.9. The van der Waals surface area contributed by atoms with Gasteiger partial charge in [-0.25, -0.2) is 0 Å². The topological polar surface area (TPSA) is 98.4 Å². The van der Waals surface area contributed by atoms with E-state index < -0.39 is 5.91 Å². The van der Waals surface area contributed by atoms with Crippen LogP contribution < -0.4 is 17.2 Å². The lowest BCUT2D eigenvalue weighted by Gasteiger charge is -2.28. The highest BCUT2D eigenvalue weighted by atomic mass is 16.1. The summed E-state index contributed by atoms with van der Waals surface area (Å²) < 4.78 is 0. The molecule has 5 heteroatoms. The Morgan fingerprint density at radius 1 is 1.13 bits per heavy atom. The molecule has 0 aromatic carbocycles. The molecule has 0 bridgehead atoms. The molecular formula is C10H18N4O. The van der Waals surface area contributed by atoms with Gasteiger partial charge in [0.2, 0.25) is 5.91 Å². The summed E-state index contributed by atoms with van der Waals surface area (Å²) in [6.07, 6.45) is 6.21. The first-order valence-corrected chi connectivity index (χ1v) is 5.09. The van der Waals surface area contributed by atoms with Crippen LogP contribution in [0.25, 0.3) is 0 Å². The van der Waals surface area contributed by atoms with Gasteiger partial charge in [-0.2, -0.15) is 0 Å². The first kappa shape index (κ1) is 11.4. The summed E-state index contributed by atoms with van der Waals surface area (Å²) in [5, 5.41) is 0. The second-order valence-electron chi connectivity index (χ2n) is 3.60. The summed E-state index contributed by atoms with van der Waals surface area (Å²) in [5.41, 5.74) is 16.5. The highest BCUT2D eigenvalue weighted by Gasteiger charge is 2.12. The Morgan fingerprint density at radius 3 is 2.20 bits per heavy atom. The number of piperidine rings is 1. The van der Waals surface area contributed by atoms with Crippen molar-refractivity contribution in [2.45, 2.75) is 19.3 Å². The molecule has 0 atom stereocenters. The zero-order valence-corrected chi connectivity index (χ0v) is 8.78. The van der Waals surface area contributed by atoms with Crippen molar-refractivity contribution in [3.05, 3.63) is 23.7 Å². The third kappa shape index (κ3) is 3.19. The Balaban J connectivity index is 2.68. The minimum absolute atomic E-state index is 0.248. The number of carbonyl (C=O) groups is 1. The molecule has 1 saturated heterocycles. The van der Waals surface area contributed by atoms with Crippen molar-refractivity contribution in [2.24, 2.45) is 17.2 Å². The molecule has 0 aliphatic carbocycles. The molecule has 6 N–H and O–H groups in total. The number of carbonyl (C=O) groups excluding carboxylic acids is 1. The molecule has 15 heavy (non-hydrogen) atoms. The van der Waals surface area contributed by atoms with Crippen molar-refractivity contribution < 1.29 is 4.79 Å². The number of hydrogen-bond donors (Lipinski definition) is 3. The first-order valence-electron chi connectivity index (χ1n) is 5.09. The standard InChI is InChI=1S/C10H18N4O/c11-7-8(10(13)15)6-9(12)14-4-2-1-3-5-14/h6-7H,1-5,11-12H2,(H2,13,15)/b8-7+,9-6+. The molecule has 0 spiro atoms. The minimum Gasteiger partial charge on any atom is -0.404 e. The fourth-order valence-corrected chi connectivity index (χ4v) is 1.60. The van der Waals surface area contributed by atoms with Crippen LogP contribution >= 0.6 is 0 Å². The van der Waals surface area contributed by atoms with E-state index in [0.717, 1.165) is 25.9 Å². The van der Waals surface area contributed by atoms with Gasteiger partial charge in [0.05, 0.1) is 11.4 Å². The van der Waals surface area contributed by atoms with E-state index in [4.69, 9.17) is 17.2 Å². The van der Waals surface area contributed by atoms with Gasteiger partial charge >= 0.3 is 0 Å². The minimum atomic E-state index is -0.558. The normalized spacial score (nSPS) is 19.1. The summed E-state index contributed by atoms with van der Waals surface area (Å²) >= 11 is 0. The van der Waals surface area contributed by atoms with Crippen molar-refractivity contribution in [3.63, 3.8) is 0 Å². The molecule has 0 aromatic rings. The van der Waals surface area contributed by atoms with Crippen LogP contribution in [0.5, 0.6) is 0 Å². The number of nitrogens with zero attached hydrogens (tertiary/aromatic N) is 1. The molecule has 0 radical (unpaired) electrons. The van der Waals surface area contributed by atoms with E-state index in [2.05, 4.69) is 0 Å². The van der Waals surface area contributed by atoms with E-state index in [1.807, 2.05) is 4.90 Å². The molecule has 5 nitrogen and oxygen atoms in total. The van der Waals surface area contributed by atoms with Gasteiger partial charge in [-0.3, -0.25) is 4.79 Å². The summed E-state index contributed by atoms with van der Waals surface area (Å²) in [7, 11) is 0. The largest absolute Gasteiger partial charge is 0.404 e. The number of hydrogen-bond acceptors (Lipinski definition) is 4. The molecule has 1 aliphatic heterocycles. The van der Waals surface area contributed by atoms with Crippen molar-refractivity contribution in [3.8, 4) is 0 Å². The second-order valence-corrected chi connectivity index (χ2v) is 3.60. The average molecular weight is 210 g/mol. The Hall–Kier alpha value is -1.65. The molecule has 1 amide bonds. The maximum Gasteiger partial charge on any atom is 0.250 e. The maximum absolute atomic E-state index is 10.9. The van der Waals surface area contributed by atoms with Crippen LogP contribution in [0.1, 0.15) is 19.3 Å². The van der Waals surface area contributed by atoms with E-state index in [1.54, 1.807) is 0 Å². The average Bonchev–Trinajstić information content (AvgIpc) is 2.26. The summed E-state index contributed by atoms with van der Waals surface area (Å²) in [6, 6.07) is 0. The van der Waals surface area contributed by atoms with Crippen LogP contribution in [0.3, 0.4) is 0 Å². The molecule has 0 aromatic heterocycles. The zero-order valence-electron chi connectivity index (χ0n) is 8.78. The Kier molecular flexibility index (Phi) is 4.03. The van der Waals surface area contributed by atoms with Crippen LogP contribution in [0.4, 0.5) is 0 Å². The van der Waals surface area contributed by atoms with Gasteiger partial charge in [0.15, 0.2) is 0 Å². The van der Waals surface area contributed by atoms with Crippen LogP contribution in [0, 0.1) is 0 Å². The van der Waals surface area contributed by atoms with E-state index in [1.165, 1.54) is 18.7 Å². The number of amides is 1. The molecule has 1 aliphatic rings. The van der Waals surface area contributed by atoms with Gasteiger partial charge in [-0.05, 0) is 25.3 Å². The van der Waals surface area contributed by atoms with Crippen molar-refractivity contribution in [1.29, 1.82) is 0 Å². The molecule has 1 heterocycles. The van der Waals surface area contributed by atoms with E-state index in [-0.39, 0.29) is 5.57 Å². The molecule has 84 valence electrons. The van der Waals surface area contributed by atoms with Gasteiger partial charge < -0.3 is 22.1 Å². The molecule has 0 saturated carbocycles. The number of likely N-dealkylation sites (tertiary alicyclic amines) is 1. The Labute approximate surface area is 89.6 Å². The fraction of sp³-hybridized carbons (Fsp3) is 0.500. The van der Waals surface area contributed by atoms with Crippen molar-refractivity contribution in [1.82, 2.24) is 4.90 Å². The fourth-order valence-electron chi connectivity index (χ4n) is 1.60. The lowest BCUT2D eigenvalue weighted by Crippen LogP contribution is -2.33. The summed E-state index contributed by atoms with van der Waals surface area (Å²) in [6.45, 7) is 1.86. The third-order valence-electron chi connectivity index (χ3n) is 2.49. The van der Waals surface area contributed by atoms with Crippen LogP contribution in [-0.2, 0) is 4.79 Å². The van der Waals surface area contributed by atoms with E-state index in [0.29, 0.717) is 5.82 Å². The monoisotopic (exact) mass is 210 g/mol. The van der Waals surface area contributed by atoms with Gasteiger partial charge in [0.1, 0.15) is 0 Å². The number of nitrogens with two attached hydrogens (primary N) is 3. The predicted octanol–water partition coefficient (Wildman–Crippen LogP) is -0.400. The predicted molar refractivity (Wildman–Crippen MR) is 59.2 cm³/mol. The van der Waals surface area contributed by atoms with Gasteiger partial charge in [-0.15, -0.1) is 0 Å². The van der Waals surface area contributed by atoms with Gasteiger partial charge in [0, 0.05) is 19.3 Å². The quantitative estimate of drug-likeness (QED) is 0.436. The number of primary amides is 1. The zero-order chi connectivity index (χ0) is 11.3. The molecule has 0 unspecified atom stereocenters. The molecular weight excluding hydrogens is 192 g/mol. The highest BCUT2D eigenvalue weighted by molar-refractivity contribution is 5.94. The van der Waals surface area contributed by atoms with E-state index >= 15 is 0 Å². The smallest absolute Gasteiger partial charge is 0.250 e. The van der Waals surface area contributed by atoms with Crippen molar-refractivity contribution in [2.75, 3.05) is 13.1 Å². The molecule has 1 rings (SSSR count). The lowest BCUT2D eigenvalue weighted by atomic mass is 10.1. The van der Waals surface area contributed by atoms with E-state index in [9.17, 15) is 4.79 Å². The summed E-state index contributed by atoms with van der Waals surface area (Å²) in [5.74, 6) is 0.00246.